The molecule has 0 spiro atoms. The highest BCUT2D eigenvalue weighted by Crippen LogP contribution is 2.29. The average molecular weight is 405 g/mol. The van der Waals surface area contributed by atoms with E-state index in [0.717, 1.165) is 45.4 Å². The molecule has 7 heteroatoms. The monoisotopic (exact) mass is 404 g/mol. The number of carbonyl (C=O) groups excluding carboxylic acids is 2. The first-order valence-corrected chi connectivity index (χ1v) is 10.6. The van der Waals surface area contributed by atoms with E-state index in [1.165, 1.54) is 6.42 Å². The maximum absolute atomic E-state index is 12.8. The Labute approximate surface area is 172 Å². The van der Waals surface area contributed by atoms with Crippen LogP contribution >= 0.6 is 0 Å². The Morgan fingerprint density at radius 1 is 1.14 bits per heavy atom. The summed E-state index contributed by atoms with van der Waals surface area (Å²) in [6.07, 6.45) is 5.41. The lowest BCUT2D eigenvalue weighted by Crippen LogP contribution is -2.38. The highest BCUT2D eigenvalue weighted by Gasteiger charge is 2.22. The molecule has 0 saturated carbocycles. The number of hydrogen-bond donors (Lipinski definition) is 0. The lowest BCUT2D eigenvalue weighted by atomic mass is 10.1. The molecule has 0 aliphatic carbocycles. The molecule has 2 aliphatic rings. The Hall–Kier alpha value is -2.28. The quantitative estimate of drug-likeness (QED) is 0.666. The lowest BCUT2D eigenvalue weighted by molar-refractivity contribution is -0.134. The summed E-state index contributed by atoms with van der Waals surface area (Å²) in [4.78, 5) is 28.7. The third kappa shape index (κ3) is 5.85. The van der Waals surface area contributed by atoms with E-state index in [1.807, 2.05) is 11.8 Å². The van der Waals surface area contributed by atoms with Crippen molar-refractivity contribution in [3.05, 3.63) is 23.8 Å². The molecular weight excluding hydrogens is 372 g/mol. The average Bonchev–Trinajstić information content (AvgIpc) is 3.26. The fraction of sp³-hybridized carbons (Fsp3) is 0.636. The van der Waals surface area contributed by atoms with Crippen LogP contribution in [-0.4, -0.2) is 74.2 Å². The van der Waals surface area contributed by atoms with Gasteiger partial charge in [0.1, 0.15) is 0 Å². The number of benzene rings is 1. The number of ether oxygens (including phenoxy) is 3. The molecule has 0 aromatic heterocycles. The molecule has 0 bridgehead atoms. The largest absolute Gasteiger partial charge is 0.490 e. The molecule has 2 amide bonds. The van der Waals surface area contributed by atoms with E-state index in [-0.39, 0.29) is 24.5 Å². The smallest absolute Gasteiger partial charge is 0.260 e. The molecule has 2 aliphatic heterocycles. The number of likely N-dealkylation sites (tertiary alicyclic amines) is 1. The van der Waals surface area contributed by atoms with Crippen LogP contribution < -0.4 is 9.47 Å². The fourth-order valence-electron chi connectivity index (χ4n) is 3.80. The van der Waals surface area contributed by atoms with Crippen LogP contribution in [0.2, 0.25) is 0 Å². The van der Waals surface area contributed by atoms with E-state index in [1.54, 1.807) is 30.1 Å². The van der Waals surface area contributed by atoms with Gasteiger partial charge in [0.05, 0.1) is 12.7 Å². The van der Waals surface area contributed by atoms with Crippen molar-refractivity contribution < 1.29 is 23.8 Å². The molecule has 160 valence electrons. The molecule has 0 N–H and O–H groups in total. The summed E-state index contributed by atoms with van der Waals surface area (Å²) in [7, 11) is 1.78. The molecule has 0 radical (unpaired) electrons. The van der Waals surface area contributed by atoms with Crippen LogP contribution in [0.3, 0.4) is 0 Å². The molecule has 3 rings (SSSR count). The van der Waals surface area contributed by atoms with E-state index in [9.17, 15) is 9.59 Å². The second-order valence-electron chi connectivity index (χ2n) is 7.65. The number of amides is 2. The van der Waals surface area contributed by atoms with Crippen molar-refractivity contribution >= 4 is 11.8 Å². The van der Waals surface area contributed by atoms with E-state index in [0.29, 0.717) is 30.2 Å². The van der Waals surface area contributed by atoms with Gasteiger partial charge in [-0.05, 0) is 57.2 Å². The van der Waals surface area contributed by atoms with Crippen LogP contribution in [-0.2, 0) is 9.53 Å². The number of rotatable bonds is 8. The van der Waals surface area contributed by atoms with Crippen molar-refractivity contribution in [2.75, 3.05) is 46.5 Å². The summed E-state index contributed by atoms with van der Waals surface area (Å²) < 4.78 is 17.0. The van der Waals surface area contributed by atoms with Gasteiger partial charge in [-0.3, -0.25) is 9.59 Å². The predicted molar refractivity (Wildman–Crippen MR) is 109 cm³/mol. The van der Waals surface area contributed by atoms with Crippen LogP contribution in [0.15, 0.2) is 18.2 Å². The van der Waals surface area contributed by atoms with Crippen molar-refractivity contribution in [3.8, 4) is 11.5 Å². The second-order valence-corrected chi connectivity index (χ2v) is 7.65. The van der Waals surface area contributed by atoms with Gasteiger partial charge in [0.2, 0.25) is 0 Å². The number of hydrogen-bond acceptors (Lipinski definition) is 5. The summed E-state index contributed by atoms with van der Waals surface area (Å²) >= 11 is 0. The zero-order valence-corrected chi connectivity index (χ0v) is 17.5. The van der Waals surface area contributed by atoms with Gasteiger partial charge in [-0.15, -0.1) is 0 Å². The highest BCUT2D eigenvalue weighted by atomic mass is 16.5. The minimum atomic E-state index is -0.0857. The minimum absolute atomic E-state index is 0.0106. The molecule has 2 saturated heterocycles. The topological polar surface area (TPSA) is 68.3 Å². The molecule has 1 atom stereocenters. The van der Waals surface area contributed by atoms with Gasteiger partial charge in [0, 0.05) is 38.9 Å². The van der Waals surface area contributed by atoms with E-state index < -0.39 is 0 Å². The Morgan fingerprint density at radius 3 is 2.62 bits per heavy atom. The third-order valence-electron chi connectivity index (χ3n) is 5.40. The van der Waals surface area contributed by atoms with E-state index >= 15 is 0 Å². The van der Waals surface area contributed by atoms with Gasteiger partial charge in [-0.1, -0.05) is 0 Å². The zero-order chi connectivity index (χ0) is 20.6. The van der Waals surface area contributed by atoms with Crippen molar-refractivity contribution in [1.29, 1.82) is 0 Å². The minimum Gasteiger partial charge on any atom is -0.490 e. The molecular formula is C22H32N2O5. The number of nitrogens with zero attached hydrogens (tertiary/aromatic N) is 2. The van der Waals surface area contributed by atoms with Gasteiger partial charge < -0.3 is 24.0 Å². The molecule has 1 unspecified atom stereocenters. The highest BCUT2D eigenvalue weighted by molar-refractivity contribution is 5.94. The van der Waals surface area contributed by atoms with Crippen LogP contribution in [0.1, 0.15) is 49.4 Å². The van der Waals surface area contributed by atoms with Crippen molar-refractivity contribution in [1.82, 2.24) is 9.80 Å². The molecule has 1 aromatic carbocycles. The fourth-order valence-corrected chi connectivity index (χ4v) is 3.80. The second kappa shape index (κ2) is 10.5. The van der Waals surface area contributed by atoms with Crippen LogP contribution in [0.25, 0.3) is 0 Å². The van der Waals surface area contributed by atoms with Gasteiger partial charge >= 0.3 is 0 Å². The number of carbonyl (C=O) groups is 2. The lowest BCUT2D eigenvalue weighted by Gasteiger charge is -2.26. The summed E-state index contributed by atoms with van der Waals surface area (Å²) in [5.41, 5.74) is 0.531. The standard InChI is InChI=1S/C22H32N2O5/c1-3-27-20-14-17(22(26)23(2)15-18-8-7-13-28-18)9-10-19(20)29-16-21(25)24-11-5-4-6-12-24/h9-10,14,18H,3-8,11-13,15-16H2,1-2H3. The Balaban J connectivity index is 1.62. The maximum Gasteiger partial charge on any atom is 0.260 e. The Bertz CT molecular complexity index is 696. The first-order valence-electron chi connectivity index (χ1n) is 10.6. The Kier molecular flexibility index (Phi) is 7.75. The number of piperidine rings is 1. The van der Waals surface area contributed by atoms with Gasteiger partial charge in [0.25, 0.3) is 11.8 Å². The zero-order valence-electron chi connectivity index (χ0n) is 17.5. The van der Waals surface area contributed by atoms with Gasteiger partial charge in [-0.25, -0.2) is 0 Å². The summed E-state index contributed by atoms with van der Waals surface area (Å²) in [5, 5.41) is 0. The molecule has 29 heavy (non-hydrogen) atoms. The van der Waals surface area contributed by atoms with Crippen LogP contribution in [0, 0.1) is 0 Å². The molecule has 1 aromatic rings. The van der Waals surface area contributed by atoms with E-state index in [2.05, 4.69) is 0 Å². The Morgan fingerprint density at radius 2 is 1.93 bits per heavy atom. The molecule has 2 fully saturated rings. The SMILES string of the molecule is CCOc1cc(C(=O)N(C)CC2CCCO2)ccc1OCC(=O)N1CCCCC1. The summed E-state index contributed by atoms with van der Waals surface area (Å²) in [6.45, 7) is 5.23. The maximum atomic E-state index is 12.8. The first kappa shape index (κ1) is 21.4. The first-order chi connectivity index (χ1) is 14.1. The van der Waals surface area contributed by atoms with Gasteiger partial charge in [0.15, 0.2) is 18.1 Å². The van der Waals surface area contributed by atoms with E-state index in [4.69, 9.17) is 14.2 Å². The van der Waals surface area contributed by atoms with Crippen LogP contribution in [0.4, 0.5) is 0 Å². The summed E-state index contributed by atoms with van der Waals surface area (Å²) in [6, 6.07) is 5.12. The van der Waals surface area contributed by atoms with Crippen LogP contribution in [0.5, 0.6) is 11.5 Å². The number of likely N-dealkylation sites (N-methyl/N-ethyl adjacent to an activating group) is 1. The summed E-state index contributed by atoms with van der Waals surface area (Å²) in [5.74, 6) is 0.867. The normalized spacial score (nSPS) is 19.1. The van der Waals surface area contributed by atoms with Crippen molar-refractivity contribution in [2.24, 2.45) is 0 Å². The van der Waals surface area contributed by atoms with Gasteiger partial charge in [-0.2, -0.15) is 0 Å². The molecule has 2 heterocycles. The van der Waals surface area contributed by atoms with Crippen molar-refractivity contribution in [3.63, 3.8) is 0 Å². The third-order valence-corrected chi connectivity index (χ3v) is 5.40. The molecule has 7 nitrogen and oxygen atoms in total. The predicted octanol–water partition coefficient (Wildman–Crippen LogP) is 2.73. The van der Waals surface area contributed by atoms with Crippen molar-refractivity contribution in [2.45, 2.75) is 45.1 Å².